The molecule has 0 amide bonds. The van der Waals surface area contributed by atoms with Crippen LogP contribution in [0.3, 0.4) is 0 Å². The number of nitro groups is 1. The van der Waals surface area contributed by atoms with Gasteiger partial charge in [0.05, 0.1) is 9.82 Å². The zero-order valence-electron chi connectivity index (χ0n) is 15.5. The van der Waals surface area contributed by atoms with E-state index in [2.05, 4.69) is 36.9 Å². The lowest BCUT2D eigenvalue weighted by Gasteiger charge is -2.34. The molecule has 0 saturated carbocycles. The Labute approximate surface area is 159 Å². The lowest BCUT2D eigenvalue weighted by atomic mass is 10.1. The van der Waals surface area contributed by atoms with Crippen LogP contribution < -0.4 is 0 Å². The third-order valence-electron chi connectivity index (χ3n) is 4.70. The molecule has 1 saturated heterocycles. The molecular weight excluding hydrogens is 366 g/mol. The first kappa shape index (κ1) is 19.5. The van der Waals surface area contributed by atoms with Gasteiger partial charge in [-0.1, -0.05) is 29.3 Å². The van der Waals surface area contributed by atoms with Crippen LogP contribution in [0.4, 0.5) is 5.69 Å². The van der Waals surface area contributed by atoms with Crippen molar-refractivity contribution in [2.75, 3.05) is 26.2 Å². The van der Waals surface area contributed by atoms with Gasteiger partial charge in [-0.25, -0.2) is 8.42 Å². The molecule has 7 nitrogen and oxygen atoms in total. The number of non-ortho nitro benzene ring substituents is 1. The van der Waals surface area contributed by atoms with Gasteiger partial charge in [-0.2, -0.15) is 4.31 Å². The minimum atomic E-state index is -3.63. The van der Waals surface area contributed by atoms with Crippen LogP contribution in [0.5, 0.6) is 0 Å². The maximum atomic E-state index is 12.8. The van der Waals surface area contributed by atoms with Crippen LogP contribution >= 0.6 is 0 Å². The molecule has 1 heterocycles. The first-order valence-corrected chi connectivity index (χ1v) is 10.2. The van der Waals surface area contributed by atoms with Gasteiger partial charge in [-0.05, 0) is 31.5 Å². The first-order chi connectivity index (χ1) is 12.8. The highest BCUT2D eigenvalue weighted by molar-refractivity contribution is 7.89. The Balaban J connectivity index is 1.64. The highest BCUT2D eigenvalue weighted by Crippen LogP contribution is 2.21. The summed E-state index contributed by atoms with van der Waals surface area (Å²) in [6.45, 7) is 7.07. The topological polar surface area (TPSA) is 83.8 Å². The van der Waals surface area contributed by atoms with E-state index < -0.39 is 14.9 Å². The van der Waals surface area contributed by atoms with Crippen LogP contribution in [0, 0.1) is 24.0 Å². The van der Waals surface area contributed by atoms with Crippen LogP contribution in [0.15, 0.2) is 47.4 Å². The zero-order valence-corrected chi connectivity index (χ0v) is 16.3. The third-order valence-corrected chi connectivity index (χ3v) is 6.62. The molecule has 27 heavy (non-hydrogen) atoms. The van der Waals surface area contributed by atoms with Crippen molar-refractivity contribution in [1.29, 1.82) is 0 Å². The molecule has 2 aromatic rings. The summed E-state index contributed by atoms with van der Waals surface area (Å²) in [6, 6.07) is 11.5. The number of hydrogen-bond acceptors (Lipinski definition) is 5. The lowest BCUT2D eigenvalue weighted by Crippen LogP contribution is -2.48. The predicted octanol–water partition coefficient (Wildman–Crippen LogP) is 2.72. The number of piperazine rings is 1. The first-order valence-electron chi connectivity index (χ1n) is 8.80. The molecule has 1 aliphatic rings. The standard InChI is InChI=1S/C19H23N3O4S/c1-15-11-16(2)13-17(12-15)14-20-7-9-21(10-8-20)27(25,26)19-5-3-18(4-6-19)22(23)24/h3-6,11-13H,7-10,14H2,1-2H3. The van der Waals surface area contributed by atoms with E-state index in [1.807, 2.05) is 0 Å². The number of benzene rings is 2. The summed E-state index contributed by atoms with van der Waals surface area (Å²) in [4.78, 5) is 12.5. The highest BCUT2D eigenvalue weighted by atomic mass is 32.2. The smallest absolute Gasteiger partial charge is 0.269 e. The van der Waals surface area contributed by atoms with Crippen LogP contribution in [-0.2, 0) is 16.6 Å². The fourth-order valence-corrected chi connectivity index (χ4v) is 4.86. The number of nitrogens with zero attached hydrogens (tertiary/aromatic N) is 3. The molecule has 8 heteroatoms. The van der Waals surface area contributed by atoms with E-state index in [0.29, 0.717) is 26.2 Å². The molecule has 1 aliphatic heterocycles. The van der Waals surface area contributed by atoms with Gasteiger partial charge in [0.1, 0.15) is 0 Å². The van der Waals surface area contributed by atoms with E-state index in [1.54, 1.807) is 0 Å². The number of nitro benzene ring substituents is 1. The van der Waals surface area contributed by atoms with Crippen LogP contribution in [0.1, 0.15) is 16.7 Å². The third kappa shape index (κ3) is 4.52. The Hall–Kier alpha value is -2.29. The quantitative estimate of drug-likeness (QED) is 0.580. The van der Waals surface area contributed by atoms with Gasteiger partial charge in [0, 0.05) is 44.9 Å². The van der Waals surface area contributed by atoms with Crippen LogP contribution in [-0.4, -0.2) is 48.7 Å². The minimum absolute atomic E-state index is 0.0934. The summed E-state index contributed by atoms with van der Waals surface area (Å²) in [5.74, 6) is 0. The van der Waals surface area contributed by atoms with Gasteiger partial charge < -0.3 is 0 Å². The van der Waals surface area contributed by atoms with Gasteiger partial charge in [0.25, 0.3) is 5.69 Å². The Morgan fingerprint density at radius 1 is 0.963 bits per heavy atom. The lowest BCUT2D eigenvalue weighted by molar-refractivity contribution is -0.384. The molecular formula is C19H23N3O4S. The average Bonchev–Trinajstić information content (AvgIpc) is 2.61. The molecule has 1 fully saturated rings. The molecule has 0 unspecified atom stereocenters. The molecule has 0 N–H and O–H groups in total. The van der Waals surface area contributed by atoms with E-state index in [-0.39, 0.29) is 10.6 Å². The van der Waals surface area contributed by atoms with Crippen LogP contribution in [0.25, 0.3) is 0 Å². The molecule has 0 atom stereocenters. The molecule has 0 aliphatic carbocycles. The highest BCUT2D eigenvalue weighted by Gasteiger charge is 2.28. The molecule has 2 aromatic carbocycles. The second kappa shape index (κ2) is 7.75. The van der Waals surface area contributed by atoms with Gasteiger partial charge in [-0.3, -0.25) is 15.0 Å². The van der Waals surface area contributed by atoms with E-state index in [9.17, 15) is 18.5 Å². The van der Waals surface area contributed by atoms with Crippen LogP contribution in [0.2, 0.25) is 0 Å². The van der Waals surface area contributed by atoms with Gasteiger partial charge in [0.2, 0.25) is 10.0 Å². The normalized spacial score (nSPS) is 16.4. The summed E-state index contributed by atoms with van der Waals surface area (Å²) in [6.07, 6.45) is 0. The van der Waals surface area contributed by atoms with Crippen molar-refractivity contribution < 1.29 is 13.3 Å². The maximum absolute atomic E-state index is 12.8. The SMILES string of the molecule is Cc1cc(C)cc(CN2CCN(S(=O)(=O)c3ccc([N+](=O)[O-])cc3)CC2)c1. The van der Waals surface area contributed by atoms with Crippen molar-refractivity contribution in [1.82, 2.24) is 9.21 Å². The molecule has 0 spiro atoms. The molecule has 0 radical (unpaired) electrons. The van der Waals surface area contributed by atoms with Crippen molar-refractivity contribution in [3.8, 4) is 0 Å². The monoisotopic (exact) mass is 389 g/mol. The number of hydrogen-bond donors (Lipinski definition) is 0. The minimum Gasteiger partial charge on any atom is -0.296 e. The van der Waals surface area contributed by atoms with Crippen molar-refractivity contribution in [2.24, 2.45) is 0 Å². The maximum Gasteiger partial charge on any atom is 0.269 e. The summed E-state index contributed by atoms with van der Waals surface area (Å²) >= 11 is 0. The van der Waals surface area contributed by atoms with Crippen molar-refractivity contribution in [3.05, 3.63) is 69.3 Å². The summed E-state index contributed by atoms with van der Waals surface area (Å²) in [7, 11) is -3.63. The number of sulfonamides is 1. The Morgan fingerprint density at radius 2 is 1.52 bits per heavy atom. The average molecular weight is 389 g/mol. The van der Waals surface area contributed by atoms with E-state index >= 15 is 0 Å². The second-order valence-corrected chi connectivity index (χ2v) is 8.87. The summed E-state index contributed by atoms with van der Waals surface area (Å²) in [5, 5.41) is 10.7. The van der Waals surface area contributed by atoms with Gasteiger partial charge in [0.15, 0.2) is 0 Å². The Kier molecular flexibility index (Phi) is 5.59. The number of aryl methyl sites for hydroxylation is 2. The van der Waals surface area contributed by atoms with E-state index in [4.69, 9.17) is 0 Å². The van der Waals surface area contributed by atoms with Crippen molar-refractivity contribution in [2.45, 2.75) is 25.3 Å². The zero-order chi connectivity index (χ0) is 19.6. The molecule has 0 bridgehead atoms. The second-order valence-electron chi connectivity index (χ2n) is 6.93. The van der Waals surface area contributed by atoms with Crippen molar-refractivity contribution >= 4 is 15.7 Å². The molecule has 0 aromatic heterocycles. The molecule has 3 rings (SSSR count). The largest absolute Gasteiger partial charge is 0.296 e. The van der Waals surface area contributed by atoms with Crippen molar-refractivity contribution in [3.63, 3.8) is 0 Å². The van der Waals surface area contributed by atoms with Gasteiger partial charge >= 0.3 is 0 Å². The van der Waals surface area contributed by atoms with E-state index in [1.165, 1.54) is 45.3 Å². The Morgan fingerprint density at radius 3 is 2.04 bits per heavy atom. The summed E-state index contributed by atoms with van der Waals surface area (Å²) in [5.41, 5.74) is 3.57. The summed E-state index contributed by atoms with van der Waals surface area (Å²) < 4.78 is 27.0. The molecule has 144 valence electrons. The fourth-order valence-electron chi connectivity index (χ4n) is 3.44. The predicted molar refractivity (Wildman–Crippen MR) is 103 cm³/mol. The Bertz CT molecular complexity index is 914. The number of rotatable bonds is 5. The van der Waals surface area contributed by atoms with Gasteiger partial charge in [-0.15, -0.1) is 0 Å². The fraction of sp³-hybridized carbons (Fsp3) is 0.368. The van der Waals surface area contributed by atoms with E-state index in [0.717, 1.165) is 6.54 Å².